The predicted octanol–water partition coefficient (Wildman–Crippen LogP) is 4.78. The van der Waals surface area contributed by atoms with Gasteiger partial charge in [-0.15, -0.1) is 11.3 Å². The number of hydrogen-bond acceptors (Lipinski definition) is 3. The van der Waals surface area contributed by atoms with Gasteiger partial charge in [0.15, 0.2) is 0 Å². The molecule has 1 atom stereocenters. The lowest BCUT2D eigenvalue weighted by Crippen LogP contribution is -2.40. The zero-order valence-electron chi connectivity index (χ0n) is 15.9. The zero-order chi connectivity index (χ0) is 19.6. The quantitative estimate of drug-likeness (QED) is 0.495. The van der Waals surface area contributed by atoms with Crippen LogP contribution >= 0.6 is 11.3 Å². The number of aromatic nitrogens is 2. The zero-order valence-corrected chi connectivity index (χ0v) is 16.8. The average Bonchev–Trinajstić information content (AvgIpc) is 3.45. The van der Waals surface area contributed by atoms with Crippen molar-refractivity contribution in [2.45, 2.75) is 19.0 Å². The molecule has 1 aliphatic rings. The van der Waals surface area contributed by atoms with Crippen molar-refractivity contribution in [3.05, 3.63) is 112 Å². The molecule has 0 saturated heterocycles. The molecular weight excluding hydrogens is 378 g/mol. The van der Waals surface area contributed by atoms with Crippen molar-refractivity contribution in [1.29, 1.82) is 0 Å². The first-order chi connectivity index (χ1) is 14.3. The smallest absolute Gasteiger partial charge is 0.254 e. The Hall–Kier alpha value is -3.18. The number of rotatable bonds is 4. The molecule has 1 unspecified atom stereocenters. The second kappa shape index (κ2) is 7.68. The summed E-state index contributed by atoms with van der Waals surface area (Å²) in [5.41, 5.74) is 4.28. The van der Waals surface area contributed by atoms with Crippen LogP contribution in [0.25, 0.3) is 0 Å². The minimum atomic E-state index is -0.0255. The third-order valence-corrected chi connectivity index (χ3v) is 6.44. The molecule has 3 heterocycles. The summed E-state index contributed by atoms with van der Waals surface area (Å²) >= 11 is 1.79. The van der Waals surface area contributed by atoms with Crippen molar-refractivity contribution in [2.75, 3.05) is 6.54 Å². The molecule has 0 aliphatic carbocycles. The van der Waals surface area contributed by atoms with Crippen LogP contribution in [0.15, 0.2) is 84.5 Å². The fourth-order valence-electron chi connectivity index (χ4n) is 4.03. The van der Waals surface area contributed by atoms with E-state index in [-0.39, 0.29) is 11.9 Å². The summed E-state index contributed by atoms with van der Waals surface area (Å²) in [6.07, 6.45) is 4.63. The first-order valence-corrected chi connectivity index (χ1v) is 10.7. The number of nitrogens with zero attached hydrogens (tertiary/aromatic N) is 3. The highest BCUT2D eigenvalue weighted by Crippen LogP contribution is 2.38. The van der Waals surface area contributed by atoms with Crippen LogP contribution in [-0.2, 0) is 13.0 Å². The first-order valence-electron chi connectivity index (χ1n) is 9.78. The van der Waals surface area contributed by atoms with Gasteiger partial charge in [-0.25, -0.2) is 0 Å². The number of carbonyl (C=O) groups is 1. The van der Waals surface area contributed by atoms with Crippen LogP contribution in [0.1, 0.15) is 38.0 Å². The van der Waals surface area contributed by atoms with Gasteiger partial charge in [0.25, 0.3) is 5.91 Å². The van der Waals surface area contributed by atoms with E-state index >= 15 is 0 Å². The molecule has 0 spiro atoms. The van der Waals surface area contributed by atoms with Crippen LogP contribution in [0.3, 0.4) is 0 Å². The number of amides is 1. The summed E-state index contributed by atoms with van der Waals surface area (Å²) in [4.78, 5) is 16.9. The lowest BCUT2D eigenvalue weighted by Gasteiger charge is -2.36. The molecular formula is C24H21N3OS. The molecule has 2 aromatic heterocycles. The molecule has 144 valence electrons. The van der Waals surface area contributed by atoms with Crippen molar-refractivity contribution < 1.29 is 4.79 Å². The Morgan fingerprint density at radius 3 is 2.62 bits per heavy atom. The number of hydrogen-bond donors (Lipinski definition) is 0. The molecule has 0 radical (unpaired) electrons. The minimum Gasteiger partial charge on any atom is -0.327 e. The molecule has 0 N–H and O–H groups in total. The van der Waals surface area contributed by atoms with Crippen LogP contribution in [-0.4, -0.2) is 27.1 Å². The van der Waals surface area contributed by atoms with E-state index in [0.29, 0.717) is 6.54 Å². The predicted molar refractivity (Wildman–Crippen MR) is 115 cm³/mol. The normalized spacial score (nSPS) is 15.9. The largest absolute Gasteiger partial charge is 0.327 e. The van der Waals surface area contributed by atoms with E-state index in [1.807, 2.05) is 64.3 Å². The Morgan fingerprint density at radius 1 is 1.03 bits per heavy atom. The van der Waals surface area contributed by atoms with Crippen molar-refractivity contribution in [3.8, 4) is 0 Å². The summed E-state index contributed by atoms with van der Waals surface area (Å²) < 4.78 is 1.88. The van der Waals surface area contributed by atoms with E-state index in [9.17, 15) is 4.79 Å². The highest BCUT2D eigenvalue weighted by Gasteiger charge is 2.33. The maximum Gasteiger partial charge on any atom is 0.254 e. The topological polar surface area (TPSA) is 38.1 Å². The van der Waals surface area contributed by atoms with Crippen LogP contribution in [0.2, 0.25) is 0 Å². The van der Waals surface area contributed by atoms with Crippen LogP contribution in [0.4, 0.5) is 0 Å². The standard InChI is InChI=1S/C24H21N3OS/c28-24(20-9-7-18(8-10-20)17-26-14-4-13-25-26)27-15-11-22-21(12-16-29-22)23(27)19-5-2-1-3-6-19/h1-10,12-14,16,23H,11,15,17H2. The van der Waals surface area contributed by atoms with E-state index in [0.717, 1.165) is 29.7 Å². The molecule has 1 amide bonds. The lowest BCUT2D eigenvalue weighted by molar-refractivity contribution is 0.0696. The molecule has 0 fully saturated rings. The molecule has 1 aliphatic heterocycles. The summed E-state index contributed by atoms with van der Waals surface area (Å²) in [7, 11) is 0. The fourth-order valence-corrected chi connectivity index (χ4v) is 4.93. The minimum absolute atomic E-state index is 0.0255. The number of carbonyl (C=O) groups excluding carboxylic acids is 1. The number of thiophene rings is 1. The van der Waals surface area contributed by atoms with E-state index in [1.165, 1.54) is 10.4 Å². The molecule has 5 rings (SSSR count). The van der Waals surface area contributed by atoms with Gasteiger partial charge in [0.2, 0.25) is 0 Å². The van der Waals surface area contributed by atoms with Crippen LogP contribution in [0.5, 0.6) is 0 Å². The second-order valence-electron chi connectivity index (χ2n) is 7.26. The highest BCUT2D eigenvalue weighted by atomic mass is 32.1. The molecule has 4 aromatic rings. The third kappa shape index (κ3) is 3.49. The summed E-state index contributed by atoms with van der Waals surface area (Å²) in [5.74, 6) is 0.0846. The van der Waals surface area contributed by atoms with Gasteiger partial charge in [0.05, 0.1) is 12.6 Å². The summed E-state index contributed by atoms with van der Waals surface area (Å²) in [5, 5.41) is 6.38. The Morgan fingerprint density at radius 2 is 1.86 bits per heavy atom. The van der Waals surface area contributed by atoms with Gasteiger partial charge in [0.1, 0.15) is 0 Å². The van der Waals surface area contributed by atoms with Gasteiger partial charge < -0.3 is 4.90 Å². The van der Waals surface area contributed by atoms with Gasteiger partial charge in [-0.3, -0.25) is 9.48 Å². The monoisotopic (exact) mass is 399 g/mol. The Labute approximate surface area is 174 Å². The maximum absolute atomic E-state index is 13.5. The van der Waals surface area contributed by atoms with Crippen molar-refractivity contribution >= 4 is 17.2 Å². The maximum atomic E-state index is 13.5. The lowest BCUT2D eigenvalue weighted by atomic mass is 9.92. The first kappa shape index (κ1) is 17.9. The molecule has 0 saturated carbocycles. The summed E-state index contributed by atoms with van der Waals surface area (Å²) in [6.45, 7) is 1.44. The van der Waals surface area contributed by atoms with Crippen molar-refractivity contribution in [3.63, 3.8) is 0 Å². The van der Waals surface area contributed by atoms with Crippen molar-refractivity contribution in [1.82, 2.24) is 14.7 Å². The molecule has 0 bridgehead atoms. The Bertz CT molecular complexity index is 1100. The fraction of sp³-hybridized carbons (Fsp3) is 0.167. The number of benzene rings is 2. The SMILES string of the molecule is O=C(c1ccc(Cn2cccn2)cc1)N1CCc2sccc2C1c1ccccc1. The number of fused-ring (bicyclic) bond motifs is 1. The Balaban J connectivity index is 1.43. The van der Waals surface area contributed by atoms with Gasteiger partial charge in [-0.2, -0.15) is 5.10 Å². The van der Waals surface area contributed by atoms with E-state index in [2.05, 4.69) is 28.7 Å². The van der Waals surface area contributed by atoms with Gasteiger partial charge in [0, 0.05) is 29.4 Å². The highest BCUT2D eigenvalue weighted by molar-refractivity contribution is 7.10. The van der Waals surface area contributed by atoms with E-state index in [1.54, 1.807) is 17.5 Å². The van der Waals surface area contributed by atoms with Crippen molar-refractivity contribution in [2.24, 2.45) is 0 Å². The second-order valence-corrected chi connectivity index (χ2v) is 8.26. The molecule has 5 heteroatoms. The van der Waals surface area contributed by atoms with E-state index in [4.69, 9.17) is 0 Å². The van der Waals surface area contributed by atoms with Gasteiger partial charge in [-0.05, 0) is 52.8 Å². The summed E-state index contributed by atoms with van der Waals surface area (Å²) in [6, 6.07) is 22.3. The van der Waals surface area contributed by atoms with E-state index < -0.39 is 0 Å². The van der Waals surface area contributed by atoms with Crippen LogP contribution in [0, 0.1) is 0 Å². The average molecular weight is 400 g/mol. The Kier molecular flexibility index (Phi) is 4.74. The molecule has 29 heavy (non-hydrogen) atoms. The van der Waals surface area contributed by atoms with Gasteiger partial charge >= 0.3 is 0 Å². The third-order valence-electron chi connectivity index (χ3n) is 5.45. The molecule has 2 aromatic carbocycles. The molecule has 4 nitrogen and oxygen atoms in total. The van der Waals surface area contributed by atoms with Crippen LogP contribution < -0.4 is 0 Å². The van der Waals surface area contributed by atoms with Gasteiger partial charge in [-0.1, -0.05) is 42.5 Å².